The van der Waals surface area contributed by atoms with E-state index < -0.39 is 5.79 Å². The van der Waals surface area contributed by atoms with Crippen molar-refractivity contribution in [3.8, 4) is 0 Å². The maximum atomic E-state index is 5.88. The molecule has 0 aromatic rings. The molecule has 6 nitrogen and oxygen atoms in total. The number of rotatable bonds is 5. The third-order valence-electron chi connectivity index (χ3n) is 4.07. The summed E-state index contributed by atoms with van der Waals surface area (Å²) in [5.74, 6) is -0.0173. The van der Waals surface area contributed by atoms with Crippen molar-refractivity contribution in [1.82, 2.24) is 5.32 Å². The zero-order valence-electron chi connectivity index (χ0n) is 13.3. The molecule has 2 rings (SSSR count). The highest BCUT2D eigenvalue weighted by atomic mass is 16.8. The minimum atomic E-state index is -0.598. The van der Waals surface area contributed by atoms with Crippen molar-refractivity contribution in [2.45, 2.75) is 26.6 Å². The lowest BCUT2D eigenvalue weighted by molar-refractivity contribution is -0.196. The summed E-state index contributed by atoms with van der Waals surface area (Å²) in [7, 11) is 0. The Bertz CT molecular complexity index is 409. The Morgan fingerprint density at radius 2 is 2.10 bits per heavy atom. The minimum absolute atomic E-state index is 0.129. The lowest BCUT2D eigenvalue weighted by Crippen LogP contribution is -2.47. The van der Waals surface area contributed by atoms with E-state index in [1.807, 2.05) is 6.92 Å². The third kappa shape index (κ3) is 3.75. The number of nitrogens with zero attached hydrogens (tertiary/aromatic N) is 1. The van der Waals surface area contributed by atoms with E-state index in [1.165, 1.54) is 0 Å². The third-order valence-corrected chi connectivity index (χ3v) is 4.07. The second kappa shape index (κ2) is 6.34. The average molecular weight is 297 g/mol. The minimum Gasteiger partial charge on any atom is -0.375 e. The lowest BCUT2D eigenvalue weighted by atomic mass is 9.75. The topological polar surface area (TPSA) is 78.1 Å². The fourth-order valence-corrected chi connectivity index (χ4v) is 2.82. The summed E-state index contributed by atoms with van der Waals surface area (Å²) < 4.78 is 17.3. The van der Waals surface area contributed by atoms with Crippen LogP contribution in [0, 0.1) is 11.3 Å². The number of ether oxygens (including phenoxy) is 3. The van der Waals surface area contributed by atoms with Gasteiger partial charge in [0, 0.05) is 19.0 Å². The molecule has 1 atom stereocenters. The standard InChI is InChI=1S/C15H27N3O3/c1-11(2)7-17-13(16)18-9-14(3,4)12-8-19-10-15(12)20-5-6-21-15/h12H,1,5-10H2,2-4H3,(H3,16,17,18). The first-order valence-electron chi connectivity index (χ1n) is 7.39. The van der Waals surface area contributed by atoms with Gasteiger partial charge in [-0.25, -0.2) is 0 Å². The van der Waals surface area contributed by atoms with E-state index in [-0.39, 0.29) is 11.3 Å². The van der Waals surface area contributed by atoms with Crippen LogP contribution >= 0.6 is 0 Å². The van der Waals surface area contributed by atoms with Gasteiger partial charge < -0.3 is 25.3 Å². The van der Waals surface area contributed by atoms with Crippen LogP contribution in [0.25, 0.3) is 0 Å². The molecule has 21 heavy (non-hydrogen) atoms. The van der Waals surface area contributed by atoms with Crippen molar-refractivity contribution in [3.05, 3.63) is 12.2 Å². The van der Waals surface area contributed by atoms with E-state index >= 15 is 0 Å². The van der Waals surface area contributed by atoms with E-state index in [2.05, 4.69) is 30.7 Å². The van der Waals surface area contributed by atoms with E-state index in [9.17, 15) is 0 Å². The summed E-state index contributed by atoms with van der Waals surface area (Å²) in [5, 5.41) is 3.04. The Morgan fingerprint density at radius 1 is 1.43 bits per heavy atom. The predicted octanol–water partition coefficient (Wildman–Crippen LogP) is 0.883. The van der Waals surface area contributed by atoms with Crippen molar-refractivity contribution in [2.75, 3.05) is 39.5 Å². The van der Waals surface area contributed by atoms with Gasteiger partial charge in [-0.05, 0) is 12.3 Å². The van der Waals surface area contributed by atoms with Gasteiger partial charge in [-0.1, -0.05) is 26.0 Å². The summed E-state index contributed by atoms with van der Waals surface area (Å²) in [5.41, 5.74) is 6.77. The highest BCUT2D eigenvalue weighted by molar-refractivity contribution is 5.78. The number of hydrogen-bond donors (Lipinski definition) is 2. The van der Waals surface area contributed by atoms with Gasteiger partial charge in [0.25, 0.3) is 0 Å². The van der Waals surface area contributed by atoms with E-state index in [0.717, 1.165) is 5.57 Å². The summed E-state index contributed by atoms with van der Waals surface area (Å²) in [6.45, 7) is 13.7. The number of guanidine groups is 1. The molecule has 0 radical (unpaired) electrons. The van der Waals surface area contributed by atoms with Gasteiger partial charge >= 0.3 is 0 Å². The molecular formula is C15H27N3O3. The molecule has 0 bridgehead atoms. The van der Waals surface area contributed by atoms with Gasteiger partial charge in [0.15, 0.2) is 11.7 Å². The van der Waals surface area contributed by atoms with Crippen LogP contribution in [0.3, 0.4) is 0 Å². The van der Waals surface area contributed by atoms with Crippen molar-refractivity contribution in [3.63, 3.8) is 0 Å². The molecule has 2 heterocycles. The van der Waals surface area contributed by atoms with Crippen molar-refractivity contribution in [1.29, 1.82) is 0 Å². The maximum absolute atomic E-state index is 5.88. The Hall–Kier alpha value is -1.11. The summed E-state index contributed by atoms with van der Waals surface area (Å²) in [4.78, 5) is 4.44. The van der Waals surface area contributed by atoms with Gasteiger partial charge in [0.05, 0.1) is 19.8 Å². The van der Waals surface area contributed by atoms with Gasteiger partial charge in [0.1, 0.15) is 6.61 Å². The maximum Gasteiger partial charge on any atom is 0.197 e. The molecule has 0 saturated carbocycles. The monoisotopic (exact) mass is 297 g/mol. The molecule has 6 heteroatoms. The molecule has 0 aromatic carbocycles. The molecule has 1 unspecified atom stereocenters. The Balaban J connectivity index is 1.97. The first-order valence-corrected chi connectivity index (χ1v) is 7.39. The van der Waals surface area contributed by atoms with Gasteiger partial charge in [-0.2, -0.15) is 0 Å². The fraction of sp³-hybridized carbons (Fsp3) is 0.800. The normalized spacial score (nSPS) is 25.5. The molecule has 2 saturated heterocycles. The van der Waals surface area contributed by atoms with Crippen LogP contribution in [-0.4, -0.2) is 51.3 Å². The zero-order valence-corrected chi connectivity index (χ0v) is 13.3. The quantitative estimate of drug-likeness (QED) is 0.447. The molecule has 120 valence electrons. The van der Waals surface area contributed by atoms with Crippen LogP contribution < -0.4 is 11.1 Å². The van der Waals surface area contributed by atoms with Gasteiger partial charge in [0.2, 0.25) is 0 Å². The van der Waals surface area contributed by atoms with Crippen molar-refractivity contribution < 1.29 is 14.2 Å². The smallest absolute Gasteiger partial charge is 0.197 e. The second-order valence-corrected chi connectivity index (χ2v) is 6.58. The van der Waals surface area contributed by atoms with Crippen LogP contribution in [0.1, 0.15) is 20.8 Å². The Morgan fingerprint density at radius 3 is 2.71 bits per heavy atom. The largest absolute Gasteiger partial charge is 0.375 e. The summed E-state index contributed by atoms with van der Waals surface area (Å²) in [6, 6.07) is 0. The molecule has 0 aliphatic carbocycles. The van der Waals surface area contributed by atoms with Crippen LogP contribution in [0.4, 0.5) is 0 Å². The van der Waals surface area contributed by atoms with Gasteiger partial charge in [-0.3, -0.25) is 4.99 Å². The molecule has 3 N–H and O–H groups in total. The summed E-state index contributed by atoms with van der Waals surface area (Å²) in [6.07, 6.45) is 0. The molecule has 0 aromatic heterocycles. The predicted molar refractivity (Wildman–Crippen MR) is 82.0 cm³/mol. The molecule has 2 fully saturated rings. The highest BCUT2D eigenvalue weighted by Crippen LogP contribution is 2.44. The molecule has 0 amide bonds. The number of hydrogen-bond acceptors (Lipinski definition) is 4. The molecule has 2 aliphatic heterocycles. The molecule has 1 spiro atoms. The summed E-state index contributed by atoms with van der Waals surface area (Å²) >= 11 is 0. The number of nitrogens with two attached hydrogens (primary N) is 1. The van der Waals surface area contributed by atoms with E-state index in [1.54, 1.807) is 0 Å². The first-order chi connectivity index (χ1) is 9.86. The van der Waals surface area contributed by atoms with Gasteiger partial charge in [-0.15, -0.1) is 0 Å². The second-order valence-electron chi connectivity index (χ2n) is 6.58. The Kier molecular flexibility index (Phi) is 4.91. The van der Waals surface area contributed by atoms with E-state index in [4.69, 9.17) is 19.9 Å². The van der Waals surface area contributed by atoms with Crippen molar-refractivity contribution >= 4 is 5.96 Å². The first kappa shape index (κ1) is 16.3. The average Bonchev–Trinajstić information content (AvgIpc) is 3.05. The van der Waals surface area contributed by atoms with Crippen LogP contribution in [0.5, 0.6) is 0 Å². The van der Waals surface area contributed by atoms with Crippen LogP contribution in [0.2, 0.25) is 0 Å². The van der Waals surface area contributed by atoms with Crippen LogP contribution in [0.15, 0.2) is 17.1 Å². The number of nitrogens with one attached hydrogen (secondary N) is 1. The van der Waals surface area contributed by atoms with Crippen LogP contribution in [-0.2, 0) is 14.2 Å². The van der Waals surface area contributed by atoms with E-state index in [0.29, 0.717) is 45.5 Å². The van der Waals surface area contributed by atoms with Crippen molar-refractivity contribution in [2.24, 2.45) is 22.1 Å². The highest BCUT2D eigenvalue weighted by Gasteiger charge is 2.55. The Labute approximate surface area is 126 Å². The lowest BCUT2D eigenvalue weighted by Gasteiger charge is -2.37. The number of aliphatic imine (C=N–C) groups is 1. The molecule has 2 aliphatic rings. The SMILES string of the molecule is C=C(C)CNC(N)=NCC(C)(C)C1COCC12OCCO2. The fourth-order valence-electron chi connectivity index (χ4n) is 2.82. The molecular weight excluding hydrogens is 270 g/mol. The zero-order chi connectivity index (χ0) is 15.5.